The Balaban J connectivity index is 3.14. The van der Waals surface area contributed by atoms with Gasteiger partial charge < -0.3 is 5.11 Å². The van der Waals surface area contributed by atoms with Crippen LogP contribution in [0.25, 0.3) is 0 Å². The molecule has 0 radical (unpaired) electrons. The van der Waals surface area contributed by atoms with E-state index in [1.165, 1.54) is 18.5 Å². The average Bonchev–Trinajstić information content (AvgIpc) is 1.86. The Labute approximate surface area is 78.7 Å². The number of hydrogen-bond acceptors (Lipinski definition) is 2. The Morgan fingerprint density at radius 2 is 2.00 bits per heavy atom. The molecule has 0 aromatic carbocycles. The van der Waals surface area contributed by atoms with Crippen molar-refractivity contribution in [1.82, 2.24) is 4.98 Å². The number of halogens is 3. The molecule has 0 aliphatic heterocycles. The quantitative estimate of drug-likeness (QED) is 0.671. The molecule has 0 aliphatic rings. The Morgan fingerprint density at radius 3 is 2.36 bits per heavy atom. The van der Waals surface area contributed by atoms with Gasteiger partial charge >= 0.3 is 0 Å². The van der Waals surface area contributed by atoms with Crippen LogP contribution in [0.15, 0.2) is 18.5 Å². The van der Waals surface area contributed by atoms with Gasteiger partial charge in [-0.05, 0) is 6.07 Å². The highest BCUT2D eigenvalue weighted by Crippen LogP contribution is 2.41. The van der Waals surface area contributed by atoms with Crippen LogP contribution >= 0.6 is 34.8 Å². The lowest BCUT2D eigenvalue weighted by molar-refractivity contribution is 0.466. The molecule has 11 heavy (non-hydrogen) atoms. The van der Waals surface area contributed by atoms with E-state index in [2.05, 4.69) is 4.98 Å². The minimum Gasteiger partial charge on any atom is -0.506 e. The van der Waals surface area contributed by atoms with Gasteiger partial charge in [-0.25, -0.2) is 0 Å². The lowest BCUT2D eigenvalue weighted by Gasteiger charge is -2.11. The second-order valence-electron chi connectivity index (χ2n) is 1.89. The summed E-state index contributed by atoms with van der Waals surface area (Å²) in [7, 11) is 0. The van der Waals surface area contributed by atoms with Gasteiger partial charge in [-0.15, -0.1) is 0 Å². The van der Waals surface area contributed by atoms with Crippen LogP contribution in [0, 0.1) is 0 Å². The molecule has 1 aromatic heterocycles. The molecule has 0 spiro atoms. The van der Waals surface area contributed by atoms with Crippen LogP contribution < -0.4 is 0 Å². The van der Waals surface area contributed by atoms with Crippen LogP contribution in [0.2, 0.25) is 0 Å². The maximum Gasteiger partial charge on any atom is 0.219 e. The molecule has 60 valence electrons. The van der Waals surface area contributed by atoms with Gasteiger partial charge in [0, 0.05) is 11.8 Å². The minimum absolute atomic E-state index is 0.118. The SMILES string of the molecule is Oc1cnccc1C(Cl)(Cl)Cl. The first-order chi connectivity index (χ1) is 5.02. The Morgan fingerprint density at radius 1 is 1.36 bits per heavy atom. The predicted octanol–water partition coefficient (Wildman–Crippen LogP) is 2.61. The largest absolute Gasteiger partial charge is 0.506 e. The number of nitrogens with zero attached hydrogens (tertiary/aromatic N) is 1. The molecule has 5 heteroatoms. The van der Waals surface area contributed by atoms with E-state index in [0.717, 1.165) is 0 Å². The molecular formula is C6H4Cl3NO. The fourth-order valence-corrected chi connectivity index (χ4v) is 1.11. The maximum absolute atomic E-state index is 9.13. The molecule has 0 saturated heterocycles. The first-order valence-electron chi connectivity index (χ1n) is 2.72. The first kappa shape index (κ1) is 8.91. The third-order valence-corrected chi connectivity index (χ3v) is 1.72. The molecule has 0 atom stereocenters. The molecule has 1 aromatic rings. The molecule has 2 nitrogen and oxygen atoms in total. The fourth-order valence-electron chi connectivity index (χ4n) is 0.626. The monoisotopic (exact) mass is 211 g/mol. The smallest absolute Gasteiger partial charge is 0.219 e. The summed E-state index contributed by atoms with van der Waals surface area (Å²) in [6.07, 6.45) is 2.66. The highest BCUT2D eigenvalue weighted by Gasteiger charge is 2.25. The van der Waals surface area contributed by atoms with Crippen LogP contribution in [0.5, 0.6) is 5.75 Å². The molecule has 0 fully saturated rings. The lowest BCUT2D eigenvalue weighted by Crippen LogP contribution is -2.00. The molecular weight excluding hydrogens is 208 g/mol. The van der Waals surface area contributed by atoms with Crippen molar-refractivity contribution in [2.45, 2.75) is 3.79 Å². The van der Waals surface area contributed by atoms with Gasteiger partial charge in [0.15, 0.2) is 0 Å². The molecule has 0 bridgehead atoms. The van der Waals surface area contributed by atoms with Gasteiger partial charge in [0.05, 0.1) is 6.20 Å². The Bertz CT molecular complexity index is 258. The molecule has 1 N–H and O–H groups in total. The normalized spacial score (nSPS) is 11.5. The van der Waals surface area contributed by atoms with Gasteiger partial charge in [-0.1, -0.05) is 34.8 Å². The molecule has 0 unspecified atom stereocenters. The Kier molecular flexibility index (Phi) is 2.47. The summed E-state index contributed by atoms with van der Waals surface area (Å²) in [5.41, 5.74) is 0.234. The molecule has 1 rings (SSSR count). The number of aromatic nitrogens is 1. The second kappa shape index (κ2) is 3.05. The van der Waals surface area contributed by atoms with Crippen molar-refractivity contribution in [3.05, 3.63) is 24.0 Å². The van der Waals surface area contributed by atoms with E-state index >= 15 is 0 Å². The highest BCUT2D eigenvalue weighted by molar-refractivity contribution is 6.66. The summed E-state index contributed by atoms with van der Waals surface area (Å²) in [6.45, 7) is 0. The molecule has 0 saturated carbocycles. The van der Waals surface area contributed by atoms with E-state index in [1.54, 1.807) is 0 Å². The second-order valence-corrected chi connectivity index (χ2v) is 4.17. The summed E-state index contributed by atoms with van der Waals surface area (Å²) in [6, 6.07) is 1.45. The van der Waals surface area contributed by atoms with Crippen molar-refractivity contribution < 1.29 is 5.11 Å². The van der Waals surface area contributed by atoms with Gasteiger partial charge in [-0.2, -0.15) is 0 Å². The van der Waals surface area contributed by atoms with Crippen molar-refractivity contribution in [1.29, 1.82) is 0 Å². The van der Waals surface area contributed by atoms with Gasteiger partial charge in [-0.3, -0.25) is 4.98 Å². The molecule has 0 aliphatic carbocycles. The summed E-state index contributed by atoms with van der Waals surface area (Å²) >= 11 is 16.5. The van der Waals surface area contributed by atoms with Crippen molar-refractivity contribution in [2.75, 3.05) is 0 Å². The van der Waals surface area contributed by atoms with Crippen LogP contribution in [-0.4, -0.2) is 10.1 Å². The van der Waals surface area contributed by atoms with Crippen molar-refractivity contribution in [3.8, 4) is 5.75 Å². The van der Waals surface area contributed by atoms with Crippen LogP contribution in [-0.2, 0) is 3.79 Å². The van der Waals surface area contributed by atoms with Crippen molar-refractivity contribution in [2.24, 2.45) is 0 Å². The topological polar surface area (TPSA) is 33.1 Å². The van der Waals surface area contributed by atoms with Crippen molar-refractivity contribution in [3.63, 3.8) is 0 Å². The predicted molar refractivity (Wildman–Crippen MR) is 45.1 cm³/mol. The lowest BCUT2D eigenvalue weighted by atomic mass is 10.3. The van der Waals surface area contributed by atoms with Crippen LogP contribution in [0.3, 0.4) is 0 Å². The summed E-state index contributed by atoms with van der Waals surface area (Å²) in [5.74, 6) is -0.118. The van der Waals surface area contributed by atoms with Crippen LogP contribution in [0.4, 0.5) is 0 Å². The standard InChI is InChI=1S/C6H4Cl3NO/c7-6(8,9)4-1-2-10-3-5(4)11/h1-3,11H. The highest BCUT2D eigenvalue weighted by atomic mass is 35.6. The zero-order valence-electron chi connectivity index (χ0n) is 5.26. The van der Waals surface area contributed by atoms with E-state index in [4.69, 9.17) is 39.9 Å². The van der Waals surface area contributed by atoms with E-state index in [-0.39, 0.29) is 11.3 Å². The Hall–Kier alpha value is -0.180. The molecule has 0 amide bonds. The number of alkyl halides is 3. The fraction of sp³-hybridized carbons (Fsp3) is 0.167. The molecule has 1 heterocycles. The summed E-state index contributed by atoms with van der Waals surface area (Å²) in [5, 5.41) is 9.13. The maximum atomic E-state index is 9.13. The third-order valence-electron chi connectivity index (χ3n) is 1.11. The summed E-state index contributed by atoms with van der Waals surface area (Å²) in [4.78, 5) is 3.63. The van der Waals surface area contributed by atoms with Crippen LogP contribution in [0.1, 0.15) is 5.56 Å². The van der Waals surface area contributed by atoms with E-state index in [9.17, 15) is 0 Å². The minimum atomic E-state index is -1.59. The van der Waals surface area contributed by atoms with E-state index in [0.29, 0.717) is 0 Å². The van der Waals surface area contributed by atoms with E-state index < -0.39 is 3.79 Å². The summed E-state index contributed by atoms with van der Waals surface area (Å²) < 4.78 is -1.59. The number of pyridine rings is 1. The average molecular weight is 212 g/mol. The van der Waals surface area contributed by atoms with Gasteiger partial charge in [0.1, 0.15) is 5.75 Å². The van der Waals surface area contributed by atoms with Gasteiger partial charge in [0.25, 0.3) is 0 Å². The van der Waals surface area contributed by atoms with Gasteiger partial charge in [0.2, 0.25) is 3.79 Å². The number of rotatable bonds is 0. The number of hydrogen-bond donors (Lipinski definition) is 1. The van der Waals surface area contributed by atoms with E-state index in [1.807, 2.05) is 0 Å². The zero-order valence-corrected chi connectivity index (χ0v) is 7.53. The number of aromatic hydroxyl groups is 1. The third kappa shape index (κ3) is 2.12. The van der Waals surface area contributed by atoms with Crippen molar-refractivity contribution >= 4 is 34.8 Å². The first-order valence-corrected chi connectivity index (χ1v) is 3.85. The zero-order chi connectivity index (χ0) is 8.48.